The first-order valence-corrected chi connectivity index (χ1v) is 14.5. The lowest BCUT2D eigenvalue weighted by Crippen LogP contribution is -1.95. The van der Waals surface area contributed by atoms with Crippen LogP contribution in [-0.2, 0) is 0 Å². The molecule has 184 valence electrons. The molecule has 0 fully saturated rings. The van der Waals surface area contributed by atoms with E-state index in [1.807, 2.05) is 24.4 Å². The fourth-order valence-corrected chi connectivity index (χ4v) is 7.05. The Hall–Kier alpha value is -4.58. The molecule has 0 radical (unpaired) electrons. The molecule has 0 unspecified atom stereocenters. The van der Waals surface area contributed by atoms with Crippen LogP contribution in [0.5, 0.6) is 0 Å². The summed E-state index contributed by atoms with van der Waals surface area (Å²) in [5, 5.41) is 5.65. The standard InChI is InChI=1S/C34H21N3S2/c1-2-11-33-29(10-1)36-34(39-33)24-13-15-26-27-20-23(32-12-6-18-38-32)14-16-30(27)37(31(26)21-24)25-8-5-7-22(19-25)28-9-3-4-17-35-28/h1-21H. The number of para-hydroxylation sites is 1. The number of thiazole rings is 1. The minimum atomic E-state index is 0.968. The Morgan fingerprint density at radius 3 is 2.41 bits per heavy atom. The van der Waals surface area contributed by atoms with E-state index in [9.17, 15) is 0 Å². The molecule has 0 N–H and O–H groups in total. The van der Waals surface area contributed by atoms with Crippen molar-refractivity contribution in [1.29, 1.82) is 0 Å². The first-order chi connectivity index (χ1) is 19.3. The van der Waals surface area contributed by atoms with Gasteiger partial charge in [-0.25, -0.2) is 4.98 Å². The molecule has 8 rings (SSSR count). The van der Waals surface area contributed by atoms with Crippen LogP contribution in [-0.4, -0.2) is 14.5 Å². The number of fused-ring (bicyclic) bond motifs is 4. The predicted octanol–water partition coefficient (Wildman–Crippen LogP) is 9.85. The summed E-state index contributed by atoms with van der Waals surface area (Å²) in [5.41, 5.74) is 8.95. The molecule has 0 atom stereocenters. The number of benzene rings is 4. The van der Waals surface area contributed by atoms with Gasteiger partial charge in [0.15, 0.2) is 0 Å². The molecule has 5 heteroatoms. The van der Waals surface area contributed by atoms with Crippen LogP contribution in [0, 0.1) is 0 Å². The van der Waals surface area contributed by atoms with Gasteiger partial charge in [0.05, 0.1) is 26.9 Å². The minimum absolute atomic E-state index is 0.968. The van der Waals surface area contributed by atoms with Gasteiger partial charge in [0, 0.05) is 38.7 Å². The highest BCUT2D eigenvalue weighted by atomic mass is 32.1. The third-order valence-corrected chi connectivity index (χ3v) is 9.18. The Labute approximate surface area is 233 Å². The molecule has 8 aromatic rings. The molecule has 0 aliphatic heterocycles. The molecule has 4 aromatic heterocycles. The average Bonchev–Trinajstić information content (AvgIpc) is 3.75. The highest BCUT2D eigenvalue weighted by molar-refractivity contribution is 7.21. The number of nitrogens with zero attached hydrogens (tertiary/aromatic N) is 3. The lowest BCUT2D eigenvalue weighted by Gasteiger charge is -2.11. The Balaban J connectivity index is 1.39. The quantitative estimate of drug-likeness (QED) is 0.224. The van der Waals surface area contributed by atoms with Crippen molar-refractivity contribution in [2.45, 2.75) is 0 Å². The third kappa shape index (κ3) is 3.78. The maximum atomic E-state index is 4.95. The lowest BCUT2D eigenvalue weighted by atomic mass is 10.1. The number of hydrogen-bond donors (Lipinski definition) is 0. The van der Waals surface area contributed by atoms with Gasteiger partial charge < -0.3 is 4.57 Å². The Bertz CT molecular complexity index is 2090. The van der Waals surface area contributed by atoms with Gasteiger partial charge in [-0.2, -0.15) is 0 Å². The zero-order valence-corrected chi connectivity index (χ0v) is 22.4. The van der Waals surface area contributed by atoms with E-state index in [1.54, 1.807) is 22.7 Å². The zero-order valence-electron chi connectivity index (χ0n) is 20.8. The van der Waals surface area contributed by atoms with Crippen molar-refractivity contribution in [3.63, 3.8) is 0 Å². The van der Waals surface area contributed by atoms with E-state index < -0.39 is 0 Å². The van der Waals surface area contributed by atoms with Crippen molar-refractivity contribution < 1.29 is 0 Å². The predicted molar refractivity (Wildman–Crippen MR) is 166 cm³/mol. The van der Waals surface area contributed by atoms with Crippen LogP contribution < -0.4 is 0 Å². The number of thiophene rings is 1. The second-order valence-corrected chi connectivity index (χ2v) is 11.5. The van der Waals surface area contributed by atoms with Gasteiger partial charge in [-0.15, -0.1) is 22.7 Å². The number of pyridine rings is 1. The van der Waals surface area contributed by atoms with Gasteiger partial charge in [0.25, 0.3) is 0 Å². The van der Waals surface area contributed by atoms with Crippen LogP contribution >= 0.6 is 22.7 Å². The Morgan fingerprint density at radius 2 is 1.54 bits per heavy atom. The number of hydrogen-bond acceptors (Lipinski definition) is 4. The Kier molecular flexibility index (Phi) is 5.18. The summed E-state index contributed by atoms with van der Waals surface area (Å²) in [6.45, 7) is 0. The van der Waals surface area contributed by atoms with Gasteiger partial charge in [0.2, 0.25) is 0 Å². The molecular weight excluding hydrogens is 515 g/mol. The molecule has 0 spiro atoms. The SMILES string of the molecule is c1ccc(-c2cccc(-n3c4ccc(-c5cccs5)cc4c4ccc(-c5nc6ccccc6s5)cc43)c2)nc1. The van der Waals surface area contributed by atoms with Crippen LogP contribution in [0.4, 0.5) is 0 Å². The average molecular weight is 536 g/mol. The largest absolute Gasteiger partial charge is 0.309 e. The van der Waals surface area contributed by atoms with E-state index >= 15 is 0 Å². The highest BCUT2D eigenvalue weighted by Gasteiger charge is 2.16. The van der Waals surface area contributed by atoms with E-state index in [-0.39, 0.29) is 0 Å². The summed E-state index contributed by atoms with van der Waals surface area (Å²) >= 11 is 3.51. The topological polar surface area (TPSA) is 30.7 Å². The molecular formula is C34H21N3S2. The maximum Gasteiger partial charge on any atom is 0.124 e. The summed E-state index contributed by atoms with van der Waals surface area (Å²) in [5.74, 6) is 0. The molecule has 0 amide bonds. The summed E-state index contributed by atoms with van der Waals surface area (Å²) in [6, 6.07) is 41.0. The van der Waals surface area contributed by atoms with Gasteiger partial charge in [-0.05, 0) is 71.6 Å². The minimum Gasteiger partial charge on any atom is -0.309 e. The second-order valence-electron chi connectivity index (χ2n) is 9.53. The Morgan fingerprint density at radius 1 is 0.615 bits per heavy atom. The number of rotatable bonds is 4. The monoisotopic (exact) mass is 535 g/mol. The van der Waals surface area contributed by atoms with Crippen molar-refractivity contribution in [2.75, 3.05) is 0 Å². The highest BCUT2D eigenvalue weighted by Crippen LogP contribution is 2.39. The van der Waals surface area contributed by atoms with E-state index in [0.717, 1.165) is 33.0 Å². The summed E-state index contributed by atoms with van der Waals surface area (Å²) in [4.78, 5) is 10.8. The van der Waals surface area contributed by atoms with Crippen molar-refractivity contribution >= 4 is 54.7 Å². The van der Waals surface area contributed by atoms with Crippen LogP contribution in [0.15, 0.2) is 127 Å². The van der Waals surface area contributed by atoms with Crippen molar-refractivity contribution in [2.24, 2.45) is 0 Å². The normalized spacial score (nSPS) is 11.6. The van der Waals surface area contributed by atoms with Crippen LogP contribution in [0.2, 0.25) is 0 Å². The van der Waals surface area contributed by atoms with Crippen LogP contribution in [0.1, 0.15) is 0 Å². The molecule has 0 saturated heterocycles. The van der Waals surface area contributed by atoms with E-state index in [0.29, 0.717) is 0 Å². The molecule has 0 aliphatic carbocycles. The van der Waals surface area contributed by atoms with Crippen molar-refractivity contribution in [3.05, 3.63) is 127 Å². The van der Waals surface area contributed by atoms with Gasteiger partial charge in [-0.1, -0.05) is 54.6 Å². The first kappa shape index (κ1) is 22.4. The van der Waals surface area contributed by atoms with E-state index in [4.69, 9.17) is 4.98 Å². The van der Waals surface area contributed by atoms with Crippen molar-refractivity contribution in [3.8, 4) is 38.0 Å². The smallest absolute Gasteiger partial charge is 0.124 e. The summed E-state index contributed by atoms with van der Waals surface area (Å²) < 4.78 is 3.59. The van der Waals surface area contributed by atoms with Gasteiger partial charge in [-0.3, -0.25) is 4.98 Å². The van der Waals surface area contributed by atoms with Crippen LogP contribution in [0.25, 0.3) is 70.0 Å². The molecule has 0 saturated carbocycles. The second kappa shape index (κ2) is 9.02. The van der Waals surface area contributed by atoms with Gasteiger partial charge in [0.1, 0.15) is 5.01 Å². The maximum absolute atomic E-state index is 4.95. The van der Waals surface area contributed by atoms with Crippen LogP contribution in [0.3, 0.4) is 0 Å². The first-order valence-electron chi connectivity index (χ1n) is 12.8. The van der Waals surface area contributed by atoms with Gasteiger partial charge >= 0.3 is 0 Å². The molecule has 3 nitrogen and oxygen atoms in total. The molecule has 4 aromatic carbocycles. The summed E-state index contributed by atoms with van der Waals surface area (Å²) in [6.07, 6.45) is 1.85. The van der Waals surface area contributed by atoms with E-state index in [1.165, 1.54) is 36.9 Å². The fourth-order valence-electron chi connectivity index (χ4n) is 5.36. The fraction of sp³-hybridized carbons (Fsp3) is 0. The summed E-state index contributed by atoms with van der Waals surface area (Å²) in [7, 11) is 0. The number of aromatic nitrogens is 3. The zero-order chi connectivity index (χ0) is 25.8. The molecule has 0 bridgehead atoms. The van der Waals surface area contributed by atoms with Crippen molar-refractivity contribution in [1.82, 2.24) is 14.5 Å². The lowest BCUT2D eigenvalue weighted by molar-refractivity contribution is 1.18. The van der Waals surface area contributed by atoms with E-state index in [2.05, 4.69) is 112 Å². The third-order valence-electron chi connectivity index (χ3n) is 7.18. The molecule has 39 heavy (non-hydrogen) atoms. The molecule has 4 heterocycles. The molecule has 0 aliphatic rings.